The summed E-state index contributed by atoms with van der Waals surface area (Å²) in [6, 6.07) is 24.3. The Morgan fingerprint density at radius 2 is 1.72 bits per heavy atom. The molecule has 4 rings (SSSR count). The molecule has 160 valence electrons. The smallest absolute Gasteiger partial charge is 0.324 e. The molecule has 2 atom stereocenters. The van der Waals surface area contributed by atoms with Crippen molar-refractivity contribution in [3.8, 4) is 5.75 Å². The number of aryl methyl sites for hydroxylation is 1. The number of methoxy groups -OCH3 is 1. The van der Waals surface area contributed by atoms with Crippen LogP contribution < -0.4 is 4.74 Å². The average Bonchev–Trinajstić information content (AvgIpc) is 2.84. The van der Waals surface area contributed by atoms with Crippen molar-refractivity contribution in [2.75, 3.05) is 7.11 Å². The predicted molar refractivity (Wildman–Crippen MR) is 123 cm³/mol. The van der Waals surface area contributed by atoms with Crippen molar-refractivity contribution in [2.24, 2.45) is 5.41 Å². The SMILES string of the molecule is COC(=O)C1(CC=C=Cc2ccccc2C)C(=O)c2ccccc2OC1c1ccccc1. The molecule has 3 aromatic carbocycles. The van der Waals surface area contributed by atoms with Crippen LogP contribution >= 0.6 is 0 Å². The van der Waals surface area contributed by atoms with Crippen LogP contribution in [-0.4, -0.2) is 18.9 Å². The van der Waals surface area contributed by atoms with Crippen molar-refractivity contribution in [3.05, 3.63) is 113 Å². The number of para-hydroxylation sites is 1. The molecule has 0 aromatic heterocycles. The molecule has 2 unspecified atom stereocenters. The zero-order chi connectivity index (χ0) is 22.6. The van der Waals surface area contributed by atoms with Gasteiger partial charge in [-0.15, -0.1) is 5.73 Å². The number of carbonyl (C=O) groups excluding carboxylic acids is 2. The van der Waals surface area contributed by atoms with Crippen LogP contribution in [0.15, 0.2) is 90.7 Å². The summed E-state index contributed by atoms with van der Waals surface area (Å²) in [7, 11) is 1.30. The fourth-order valence-corrected chi connectivity index (χ4v) is 4.11. The van der Waals surface area contributed by atoms with Gasteiger partial charge in [0, 0.05) is 6.42 Å². The van der Waals surface area contributed by atoms with Gasteiger partial charge in [0.05, 0.1) is 12.7 Å². The zero-order valence-electron chi connectivity index (χ0n) is 18.1. The van der Waals surface area contributed by atoms with Gasteiger partial charge in [0.25, 0.3) is 0 Å². The van der Waals surface area contributed by atoms with Crippen LogP contribution in [0.3, 0.4) is 0 Å². The summed E-state index contributed by atoms with van der Waals surface area (Å²) in [5, 5.41) is 0. The third kappa shape index (κ3) is 3.77. The summed E-state index contributed by atoms with van der Waals surface area (Å²) in [5.41, 5.74) is 4.83. The maximum absolute atomic E-state index is 13.8. The zero-order valence-corrected chi connectivity index (χ0v) is 18.1. The van der Waals surface area contributed by atoms with Crippen molar-refractivity contribution in [1.82, 2.24) is 0 Å². The normalized spacial score (nSPS) is 19.2. The lowest BCUT2D eigenvalue weighted by atomic mass is 9.69. The number of fused-ring (bicyclic) bond motifs is 1. The first-order chi connectivity index (χ1) is 15.6. The van der Waals surface area contributed by atoms with Gasteiger partial charge in [0.2, 0.25) is 0 Å². The van der Waals surface area contributed by atoms with Crippen LogP contribution in [0.5, 0.6) is 5.75 Å². The summed E-state index contributed by atoms with van der Waals surface area (Å²) in [6.07, 6.45) is 2.83. The van der Waals surface area contributed by atoms with E-state index in [4.69, 9.17) is 9.47 Å². The first kappa shape index (κ1) is 21.4. The number of hydrogen-bond acceptors (Lipinski definition) is 4. The Morgan fingerprint density at radius 3 is 2.47 bits per heavy atom. The van der Waals surface area contributed by atoms with E-state index < -0.39 is 17.5 Å². The van der Waals surface area contributed by atoms with Gasteiger partial charge in [-0.05, 0) is 47.9 Å². The predicted octanol–water partition coefficient (Wildman–Crippen LogP) is 5.73. The molecule has 0 spiro atoms. The second kappa shape index (κ2) is 9.09. The number of hydrogen-bond donors (Lipinski definition) is 0. The van der Waals surface area contributed by atoms with Gasteiger partial charge < -0.3 is 9.47 Å². The van der Waals surface area contributed by atoms with E-state index in [1.807, 2.05) is 73.7 Å². The molecular formula is C28H24O4. The van der Waals surface area contributed by atoms with Gasteiger partial charge in [0.1, 0.15) is 11.9 Å². The van der Waals surface area contributed by atoms with E-state index in [0.717, 1.165) is 16.7 Å². The molecule has 3 aromatic rings. The quantitative estimate of drug-likeness (QED) is 0.298. The lowest BCUT2D eigenvalue weighted by molar-refractivity contribution is -0.155. The highest BCUT2D eigenvalue weighted by atomic mass is 16.5. The average molecular weight is 424 g/mol. The van der Waals surface area contributed by atoms with E-state index >= 15 is 0 Å². The van der Waals surface area contributed by atoms with Gasteiger partial charge in [-0.25, -0.2) is 0 Å². The molecule has 0 N–H and O–H groups in total. The van der Waals surface area contributed by atoms with Gasteiger partial charge >= 0.3 is 5.97 Å². The molecule has 0 amide bonds. The monoisotopic (exact) mass is 424 g/mol. The first-order valence-electron chi connectivity index (χ1n) is 10.5. The summed E-state index contributed by atoms with van der Waals surface area (Å²) in [4.78, 5) is 27.0. The fourth-order valence-electron chi connectivity index (χ4n) is 4.11. The Bertz CT molecular complexity index is 1200. The summed E-state index contributed by atoms with van der Waals surface area (Å²) in [5.74, 6) is -0.473. The fraction of sp³-hybridized carbons (Fsp3) is 0.179. The Balaban J connectivity index is 1.82. The van der Waals surface area contributed by atoms with E-state index in [9.17, 15) is 9.59 Å². The Labute approximate surface area is 187 Å². The number of benzene rings is 3. The van der Waals surface area contributed by atoms with Crippen LogP contribution in [0.2, 0.25) is 0 Å². The maximum atomic E-state index is 13.8. The van der Waals surface area contributed by atoms with Crippen molar-refractivity contribution < 1.29 is 19.1 Å². The van der Waals surface area contributed by atoms with E-state index in [1.165, 1.54) is 7.11 Å². The highest BCUT2D eigenvalue weighted by Crippen LogP contribution is 2.49. The third-order valence-corrected chi connectivity index (χ3v) is 5.85. The number of carbonyl (C=O) groups is 2. The molecule has 1 aliphatic rings. The largest absolute Gasteiger partial charge is 0.483 e. The van der Waals surface area contributed by atoms with E-state index in [2.05, 4.69) is 5.73 Å². The maximum Gasteiger partial charge on any atom is 0.324 e. The number of allylic oxidation sites excluding steroid dienone is 1. The number of rotatable bonds is 5. The van der Waals surface area contributed by atoms with Crippen molar-refractivity contribution in [1.29, 1.82) is 0 Å². The Kier molecular flexibility index (Phi) is 6.07. The number of Topliss-reactive ketones (excluding diaryl/α,β-unsaturated/α-hetero) is 1. The van der Waals surface area contributed by atoms with Gasteiger partial charge in [-0.2, -0.15) is 0 Å². The lowest BCUT2D eigenvalue weighted by Crippen LogP contribution is -2.49. The first-order valence-corrected chi connectivity index (χ1v) is 10.5. The molecule has 1 heterocycles. The molecule has 0 bridgehead atoms. The number of esters is 1. The third-order valence-electron chi connectivity index (χ3n) is 5.85. The van der Waals surface area contributed by atoms with Crippen LogP contribution in [0.1, 0.15) is 39.6 Å². The molecule has 0 radical (unpaired) electrons. The van der Waals surface area contributed by atoms with Gasteiger partial charge in [0.15, 0.2) is 11.2 Å². The summed E-state index contributed by atoms with van der Waals surface area (Å²) < 4.78 is 11.4. The molecule has 4 nitrogen and oxygen atoms in total. The van der Waals surface area contributed by atoms with Crippen molar-refractivity contribution >= 4 is 17.8 Å². The molecular weight excluding hydrogens is 400 g/mol. The number of ketones is 1. The number of ether oxygens (including phenoxy) is 2. The van der Waals surface area contributed by atoms with Crippen LogP contribution in [0.25, 0.3) is 6.08 Å². The minimum Gasteiger partial charge on any atom is -0.483 e. The lowest BCUT2D eigenvalue weighted by Gasteiger charge is -2.40. The molecule has 0 fully saturated rings. The minimum absolute atomic E-state index is 0.0920. The second-order valence-electron chi connectivity index (χ2n) is 7.77. The van der Waals surface area contributed by atoms with Crippen LogP contribution in [0.4, 0.5) is 0 Å². The van der Waals surface area contributed by atoms with Crippen LogP contribution in [-0.2, 0) is 9.53 Å². The standard InChI is InChI=1S/C28H24O4/c1-20-12-6-7-13-21(20)14-10-11-19-28(27(30)31-2)25(29)23-17-8-9-18-24(23)32-26(28)22-15-4-3-5-16-22/h3-9,11-18,26H,19H2,1-2H3. The highest BCUT2D eigenvalue weighted by Gasteiger charge is 2.57. The topological polar surface area (TPSA) is 52.6 Å². The summed E-state index contributed by atoms with van der Waals surface area (Å²) >= 11 is 0. The second-order valence-corrected chi connectivity index (χ2v) is 7.77. The van der Waals surface area contributed by atoms with Crippen molar-refractivity contribution in [3.63, 3.8) is 0 Å². The Hall–Kier alpha value is -3.88. The minimum atomic E-state index is -1.56. The molecule has 1 aliphatic heterocycles. The van der Waals surface area contributed by atoms with E-state index in [-0.39, 0.29) is 12.2 Å². The van der Waals surface area contributed by atoms with Crippen molar-refractivity contribution in [2.45, 2.75) is 19.4 Å². The molecule has 4 heteroatoms. The summed E-state index contributed by atoms with van der Waals surface area (Å²) in [6.45, 7) is 2.02. The molecule has 0 saturated heterocycles. The van der Waals surface area contributed by atoms with E-state index in [0.29, 0.717) is 11.3 Å². The molecule has 0 aliphatic carbocycles. The highest BCUT2D eigenvalue weighted by molar-refractivity contribution is 6.15. The van der Waals surface area contributed by atoms with Gasteiger partial charge in [-0.3, -0.25) is 9.59 Å². The molecule has 32 heavy (non-hydrogen) atoms. The van der Waals surface area contributed by atoms with Gasteiger partial charge in [-0.1, -0.05) is 66.7 Å². The van der Waals surface area contributed by atoms with E-state index in [1.54, 1.807) is 24.3 Å². The van der Waals surface area contributed by atoms with Crippen LogP contribution in [0, 0.1) is 12.3 Å². The Morgan fingerprint density at radius 1 is 1.03 bits per heavy atom. The molecule has 0 saturated carbocycles.